The van der Waals surface area contributed by atoms with Crippen LogP contribution >= 0.6 is 0 Å². The molecule has 1 aromatic heterocycles. The molecule has 3 rings (SSSR count). The summed E-state index contributed by atoms with van der Waals surface area (Å²) in [5.74, 6) is 0. The summed E-state index contributed by atoms with van der Waals surface area (Å²) in [6.45, 7) is 1.84. The number of nitrogens with zero attached hydrogens (tertiary/aromatic N) is 2. The summed E-state index contributed by atoms with van der Waals surface area (Å²) < 4.78 is 28.3. The quantitative estimate of drug-likeness (QED) is 0.718. The standard InChI is InChI=1S/C19H21N3O4S/c1-13(11-14-7-5-4-6-8-14)22(3)27(25,26)15-9-10-17-16(12-15)18(23)21(2)19(24)20-17/h4-10,12-13H,11H2,1-3H3,(H,20,24)/t13-/m0/s1. The number of rotatable bonds is 5. The Balaban J connectivity index is 1.98. The van der Waals surface area contributed by atoms with E-state index in [1.165, 1.54) is 36.6 Å². The van der Waals surface area contributed by atoms with Crippen LogP contribution in [0, 0.1) is 0 Å². The van der Waals surface area contributed by atoms with Gasteiger partial charge in [0, 0.05) is 20.1 Å². The molecular weight excluding hydrogens is 366 g/mol. The van der Waals surface area contributed by atoms with Crippen molar-refractivity contribution in [3.05, 3.63) is 74.9 Å². The van der Waals surface area contributed by atoms with Crippen LogP contribution in [0.5, 0.6) is 0 Å². The third kappa shape index (κ3) is 3.58. The lowest BCUT2D eigenvalue weighted by Gasteiger charge is -2.24. The van der Waals surface area contributed by atoms with Crippen molar-refractivity contribution in [2.24, 2.45) is 7.05 Å². The molecule has 0 spiro atoms. The topological polar surface area (TPSA) is 92.2 Å². The van der Waals surface area contributed by atoms with Crippen LogP contribution in [-0.2, 0) is 23.5 Å². The molecule has 0 aliphatic heterocycles. The number of aromatic nitrogens is 2. The molecule has 1 N–H and O–H groups in total. The molecule has 0 saturated heterocycles. The minimum absolute atomic E-state index is 0.0153. The van der Waals surface area contributed by atoms with E-state index in [-0.39, 0.29) is 16.3 Å². The zero-order chi connectivity index (χ0) is 19.8. The Kier molecular flexibility index (Phi) is 5.03. The Bertz CT molecular complexity index is 1200. The highest BCUT2D eigenvalue weighted by Crippen LogP contribution is 2.21. The van der Waals surface area contributed by atoms with Crippen LogP contribution < -0.4 is 11.2 Å². The Hall–Kier alpha value is -2.71. The summed E-state index contributed by atoms with van der Waals surface area (Å²) in [6.07, 6.45) is 0.569. The van der Waals surface area contributed by atoms with Crippen molar-refractivity contribution in [1.29, 1.82) is 0 Å². The average Bonchev–Trinajstić information content (AvgIpc) is 2.66. The summed E-state index contributed by atoms with van der Waals surface area (Å²) in [6, 6.07) is 13.5. The average molecular weight is 387 g/mol. The van der Waals surface area contributed by atoms with Crippen molar-refractivity contribution >= 4 is 20.9 Å². The Morgan fingerprint density at radius 2 is 1.78 bits per heavy atom. The first-order chi connectivity index (χ1) is 12.7. The maximum atomic E-state index is 13.0. The Morgan fingerprint density at radius 1 is 1.11 bits per heavy atom. The Morgan fingerprint density at radius 3 is 2.44 bits per heavy atom. The molecule has 142 valence electrons. The SMILES string of the molecule is C[C@@H](Cc1ccccc1)N(C)S(=O)(=O)c1ccc2[nH]c(=O)n(C)c(=O)c2c1. The zero-order valence-electron chi connectivity index (χ0n) is 15.3. The van der Waals surface area contributed by atoms with Crippen LogP contribution in [0.1, 0.15) is 12.5 Å². The third-order valence-electron chi connectivity index (χ3n) is 4.74. The first-order valence-corrected chi connectivity index (χ1v) is 9.91. The van der Waals surface area contributed by atoms with Crippen molar-refractivity contribution in [1.82, 2.24) is 13.9 Å². The van der Waals surface area contributed by atoms with Crippen molar-refractivity contribution in [3.63, 3.8) is 0 Å². The van der Waals surface area contributed by atoms with Gasteiger partial charge in [0.1, 0.15) is 0 Å². The van der Waals surface area contributed by atoms with E-state index in [9.17, 15) is 18.0 Å². The highest BCUT2D eigenvalue weighted by Gasteiger charge is 2.26. The van der Waals surface area contributed by atoms with E-state index in [0.29, 0.717) is 11.9 Å². The molecule has 0 bridgehead atoms. The largest absolute Gasteiger partial charge is 0.328 e. The number of nitrogens with one attached hydrogen (secondary N) is 1. The van der Waals surface area contributed by atoms with Crippen molar-refractivity contribution in [2.45, 2.75) is 24.3 Å². The van der Waals surface area contributed by atoms with E-state index in [1.807, 2.05) is 37.3 Å². The van der Waals surface area contributed by atoms with Crippen LogP contribution in [0.2, 0.25) is 0 Å². The predicted octanol–water partition coefficient (Wildman–Crippen LogP) is 1.48. The van der Waals surface area contributed by atoms with Gasteiger partial charge in [0.15, 0.2) is 0 Å². The summed E-state index contributed by atoms with van der Waals surface area (Å²) in [7, 11) is -0.927. The van der Waals surface area contributed by atoms with E-state index in [0.717, 1.165) is 10.1 Å². The second-order valence-corrected chi connectivity index (χ2v) is 8.56. The number of hydrogen-bond donors (Lipinski definition) is 1. The first-order valence-electron chi connectivity index (χ1n) is 8.47. The van der Waals surface area contributed by atoms with E-state index < -0.39 is 21.3 Å². The van der Waals surface area contributed by atoms with Crippen LogP contribution in [0.3, 0.4) is 0 Å². The summed E-state index contributed by atoms with van der Waals surface area (Å²) in [5.41, 5.74) is 0.265. The molecule has 0 amide bonds. The molecule has 1 atom stereocenters. The smallest absolute Gasteiger partial charge is 0.307 e. The fraction of sp³-hybridized carbons (Fsp3) is 0.263. The molecule has 2 aromatic carbocycles. The number of H-pyrrole nitrogens is 1. The monoisotopic (exact) mass is 387 g/mol. The first kappa shape index (κ1) is 19.1. The number of benzene rings is 2. The molecule has 7 nitrogen and oxygen atoms in total. The third-order valence-corrected chi connectivity index (χ3v) is 6.71. The molecule has 0 fully saturated rings. The summed E-state index contributed by atoms with van der Waals surface area (Å²) in [4.78, 5) is 26.6. The van der Waals surface area contributed by atoms with Gasteiger partial charge in [-0.25, -0.2) is 13.2 Å². The lowest BCUT2D eigenvalue weighted by Crippen LogP contribution is -2.36. The minimum atomic E-state index is -3.80. The molecule has 0 aliphatic carbocycles. The molecule has 0 unspecified atom stereocenters. The molecule has 3 aromatic rings. The van der Waals surface area contributed by atoms with Gasteiger partial charge in [0.25, 0.3) is 5.56 Å². The fourth-order valence-electron chi connectivity index (χ4n) is 2.93. The van der Waals surface area contributed by atoms with Crippen LogP contribution in [0.4, 0.5) is 0 Å². The molecule has 0 radical (unpaired) electrons. The molecule has 1 heterocycles. The second kappa shape index (κ2) is 7.13. The molecule has 8 heteroatoms. The number of hydrogen-bond acceptors (Lipinski definition) is 4. The van der Waals surface area contributed by atoms with Crippen molar-refractivity contribution in [3.8, 4) is 0 Å². The van der Waals surface area contributed by atoms with Gasteiger partial charge in [0.2, 0.25) is 10.0 Å². The maximum Gasteiger partial charge on any atom is 0.328 e. The lowest BCUT2D eigenvalue weighted by atomic mass is 10.1. The molecule has 27 heavy (non-hydrogen) atoms. The number of likely N-dealkylation sites (N-methyl/N-ethyl adjacent to an activating group) is 1. The lowest BCUT2D eigenvalue weighted by molar-refractivity contribution is 0.387. The molecule has 0 saturated carbocycles. The highest BCUT2D eigenvalue weighted by atomic mass is 32.2. The second-order valence-electron chi connectivity index (χ2n) is 6.56. The highest BCUT2D eigenvalue weighted by molar-refractivity contribution is 7.89. The molecule has 0 aliphatic rings. The number of aromatic amines is 1. The van der Waals surface area contributed by atoms with Crippen molar-refractivity contribution < 1.29 is 8.42 Å². The van der Waals surface area contributed by atoms with Gasteiger partial charge in [-0.3, -0.25) is 9.36 Å². The minimum Gasteiger partial charge on any atom is -0.307 e. The summed E-state index contributed by atoms with van der Waals surface area (Å²) in [5, 5.41) is 0.155. The van der Waals surface area contributed by atoms with Crippen LogP contribution in [-0.4, -0.2) is 35.4 Å². The number of fused-ring (bicyclic) bond motifs is 1. The normalized spacial score (nSPS) is 13.2. The predicted molar refractivity (Wildman–Crippen MR) is 104 cm³/mol. The van der Waals surface area contributed by atoms with Gasteiger partial charge in [-0.2, -0.15) is 4.31 Å². The van der Waals surface area contributed by atoms with Crippen molar-refractivity contribution in [2.75, 3.05) is 7.05 Å². The van der Waals surface area contributed by atoms with Gasteiger partial charge < -0.3 is 4.98 Å². The molecular formula is C19H21N3O4S. The van der Waals surface area contributed by atoms with Gasteiger partial charge in [-0.15, -0.1) is 0 Å². The van der Waals surface area contributed by atoms with Crippen LogP contribution in [0.15, 0.2) is 63.0 Å². The van der Waals surface area contributed by atoms with E-state index >= 15 is 0 Å². The van der Waals surface area contributed by atoms with E-state index in [1.54, 1.807) is 0 Å². The van der Waals surface area contributed by atoms with Gasteiger partial charge in [-0.1, -0.05) is 30.3 Å². The Labute approximate surface area is 156 Å². The summed E-state index contributed by atoms with van der Waals surface area (Å²) >= 11 is 0. The van der Waals surface area contributed by atoms with Gasteiger partial charge in [-0.05, 0) is 37.1 Å². The maximum absolute atomic E-state index is 13.0. The zero-order valence-corrected chi connectivity index (χ0v) is 16.2. The van der Waals surface area contributed by atoms with Crippen LogP contribution in [0.25, 0.3) is 10.9 Å². The van der Waals surface area contributed by atoms with Gasteiger partial charge >= 0.3 is 5.69 Å². The van der Waals surface area contributed by atoms with E-state index in [2.05, 4.69) is 4.98 Å². The number of sulfonamides is 1. The van der Waals surface area contributed by atoms with Gasteiger partial charge in [0.05, 0.1) is 15.8 Å². The fourth-order valence-corrected chi connectivity index (χ4v) is 4.32. The van der Waals surface area contributed by atoms with E-state index in [4.69, 9.17) is 0 Å².